The highest BCUT2D eigenvalue weighted by Gasteiger charge is 2.19. The number of hydrogen-bond acceptors (Lipinski definition) is 5. The van der Waals surface area contributed by atoms with Gasteiger partial charge in [0.25, 0.3) is 5.91 Å². The molecule has 0 bridgehead atoms. The third kappa shape index (κ3) is 2.98. The van der Waals surface area contributed by atoms with E-state index < -0.39 is 0 Å². The Morgan fingerprint density at radius 1 is 1.28 bits per heavy atom. The van der Waals surface area contributed by atoms with Gasteiger partial charge in [0.15, 0.2) is 5.16 Å². The van der Waals surface area contributed by atoms with Crippen LogP contribution in [0.5, 0.6) is 5.88 Å². The van der Waals surface area contributed by atoms with Gasteiger partial charge in [-0.1, -0.05) is 30.0 Å². The van der Waals surface area contributed by atoms with Gasteiger partial charge in [-0.15, -0.1) is 0 Å². The van der Waals surface area contributed by atoms with Crippen molar-refractivity contribution in [2.75, 3.05) is 18.2 Å². The molecule has 0 aliphatic carbocycles. The molecule has 126 valence electrons. The molecular weight excluding hydrogens is 336 g/mol. The van der Waals surface area contributed by atoms with Crippen LogP contribution < -0.4 is 10.1 Å². The number of hydrogen-bond donors (Lipinski definition) is 1. The van der Waals surface area contributed by atoms with Crippen LogP contribution in [-0.2, 0) is 6.54 Å². The molecule has 1 amide bonds. The van der Waals surface area contributed by atoms with E-state index in [-0.39, 0.29) is 5.91 Å². The zero-order chi connectivity index (χ0) is 17.2. The first-order valence-corrected chi connectivity index (χ1v) is 8.84. The fourth-order valence-corrected chi connectivity index (χ4v) is 3.71. The highest BCUT2D eigenvalue weighted by atomic mass is 32.2. The molecule has 7 heteroatoms. The summed E-state index contributed by atoms with van der Waals surface area (Å²) in [6.07, 6.45) is 3.62. The molecule has 6 nitrogen and oxygen atoms in total. The van der Waals surface area contributed by atoms with E-state index in [0.717, 1.165) is 28.7 Å². The first-order valence-electron chi connectivity index (χ1n) is 7.86. The van der Waals surface area contributed by atoms with E-state index in [1.807, 2.05) is 30.5 Å². The van der Waals surface area contributed by atoms with Crippen molar-refractivity contribution in [3.8, 4) is 17.1 Å². The molecule has 2 aromatic heterocycles. The van der Waals surface area contributed by atoms with Crippen molar-refractivity contribution in [3.63, 3.8) is 0 Å². The molecule has 0 unspecified atom stereocenters. The monoisotopic (exact) mass is 352 g/mol. The minimum absolute atomic E-state index is 0.265. The number of carbonyl (C=O) groups is 1. The lowest BCUT2D eigenvalue weighted by molar-refractivity contribution is 0.102. The number of aromatic nitrogens is 3. The highest BCUT2D eigenvalue weighted by Crippen LogP contribution is 2.32. The van der Waals surface area contributed by atoms with E-state index in [9.17, 15) is 4.79 Å². The number of aryl methyl sites for hydroxylation is 1. The Hall–Kier alpha value is -2.80. The molecule has 0 spiro atoms. The lowest BCUT2D eigenvalue weighted by atomic mass is 10.1. The van der Waals surface area contributed by atoms with Gasteiger partial charge in [-0.05, 0) is 18.2 Å². The van der Waals surface area contributed by atoms with E-state index in [2.05, 4.69) is 19.9 Å². The molecule has 0 atom stereocenters. The van der Waals surface area contributed by atoms with Crippen LogP contribution in [-0.4, -0.2) is 33.3 Å². The maximum absolute atomic E-state index is 12.7. The average Bonchev–Trinajstić information content (AvgIpc) is 3.24. The van der Waals surface area contributed by atoms with Crippen molar-refractivity contribution < 1.29 is 9.53 Å². The average molecular weight is 352 g/mol. The number of nitrogens with zero attached hydrogens (tertiary/aromatic N) is 3. The standard InChI is InChI=1S/C18H16N4O2S/c1-24-17-13(6-4-8-19-17)16(23)20-14-7-3-2-5-12(14)15-11-22-9-10-25-18(22)21-15/h2-8,11H,9-10H2,1H3,(H,20,23). The minimum Gasteiger partial charge on any atom is -0.480 e. The van der Waals surface area contributed by atoms with E-state index in [4.69, 9.17) is 4.74 Å². The van der Waals surface area contributed by atoms with Crippen LogP contribution in [0.4, 0.5) is 5.69 Å². The van der Waals surface area contributed by atoms with Gasteiger partial charge in [-0.3, -0.25) is 4.79 Å². The first-order chi connectivity index (χ1) is 12.3. The van der Waals surface area contributed by atoms with Gasteiger partial charge in [0.2, 0.25) is 5.88 Å². The number of imidazole rings is 1. The van der Waals surface area contributed by atoms with Gasteiger partial charge in [0, 0.05) is 30.3 Å². The lowest BCUT2D eigenvalue weighted by Gasteiger charge is -2.11. The molecule has 1 aromatic carbocycles. The molecule has 0 radical (unpaired) electrons. The summed E-state index contributed by atoms with van der Waals surface area (Å²) in [6, 6.07) is 11.0. The molecular formula is C18H16N4O2S. The predicted octanol–water partition coefficient (Wildman–Crippen LogP) is 3.31. The normalized spacial score (nSPS) is 12.7. The van der Waals surface area contributed by atoms with Crippen LogP contribution in [0.15, 0.2) is 53.9 Å². The number of nitrogens with one attached hydrogen (secondary N) is 1. The maximum atomic E-state index is 12.7. The number of pyridine rings is 1. The number of ether oxygens (including phenoxy) is 1. The Labute approximate surface area is 149 Å². The van der Waals surface area contributed by atoms with E-state index in [0.29, 0.717) is 17.1 Å². The summed E-state index contributed by atoms with van der Waals surface area (Å²) < 4.78 is 7.31. The third-order valence-corrected chi connectivity index (χ3v) is 4.93. The number of methoxy groups -OCH3 is 1. The van der Waals surface area contributed by atoms with Crippen LogP contribution in [0.25, 0.3) is 11.3 Å². The van der Waals surface area contributed by atoms with Crippen LogP contribution in [0.3, 0.4) is 0 Å². The predicted molar refractivity (Wildman–Crippen MR) is 97.1 cm³/mol. The topological polar surface area (TPSA) is 69.0 Å². The molecule has 3 aromatic rings. The fraction of sp³-hybridized carbons (Fsp3) is 0.167. The largest absolute Gasteiger partial charge is 0.480 e. The summed E-state index contributed by atoms with van der Waals surface area (Å²) in [5.41, 5.74) is 2.85. The number of fused-ring (bicyclic) bond motifs is 1. The fourth-order valence-electron chi connectivity index (χ4n) is 2.77. The van der Waals surface area contributed by atoms with Crippen molar-refractivity contribution >= 4 is 23.4 Å². The number of anilines is 1. The summed E-state index contributed by atoms with van der Waals surface area (Å²) in [5.74, 6) is 1.09. The Balaban J connectivity index is 1.66. The Bertz CT molecular complexity index is 917. The van der Waals surface area contributed by atoms with Gasteiger partial charge in [-0.25, -0.2) is 9.97 Å². The lowest BCUT2D eigenvalue weighted by Crippen LogP contribution is -2.14. The van der Waals surface area contributed by atoms with Crippen molar-refractivity contribution in [2.45, 2.75) is 11.7 Å². The number of para-hydroxylation sites is 1. The zero-order valence-electron chi connectivity index (χ0n) is 13.6. The highest BCUT2D eigenvalue weighted by molar-refractivity contribution is 7.99. The van der Waals surface area contributed by atoms with E-state index in [1.165, 1.54) is 7.11 Å². The SMILES string of the molecule is COc1ncccc1C(=O)Nc1ccccc1-c1cn2c(n1)SCC2. The van der Waals surface area contributed by atoms with Crippen LogP contribution >= 0.6 is 11.8 Å². The number of rotatable bonds is 4. The second-order valence-electron chi connectivity index (χ2n) is 5.51. The van der Waals surface area contributed by atoms with Crippen LogP contribution in [0.1, 0.15) is 10.4 Å². The van der Waals surface area contributed by atoms with Crippen molar-refractivity contribution in [2.24, 2.45) is 0 Å². The maximum Gasteiger partial charge on any atom is 0.261 e. The van der Waals surface area contributed by atoms with Gasteiger partial charge in [0.05, 0.1) is 18.5 Å². The van der Waals surface area contributed by atoms with Gasteiger partial charge in [0.1, 0.15) is 5.56 Å². The number of thioether (sulfide) groups is 1. The van der Waals surface area contributed by atoms with Gasteiger partial charge in [-0.2, -0.15) is 0 Å². The summed E-state index contributed by atoms with van der Waals surface area (Å²) in [7, 11) is 1.50. The molecule has 25 heavy (non-hydrogen) atoms. The second kappa shape index (κ2) is 6.60. The quantitative estimate of drug-likeness (QED) is 0.780. The summed E-state index contributed by atoms with van der Waals surface area (Å²) >= 11 is 1.74. The van der Waals surface area contributed by atoms with Gasteiger partial charge < -0.3 is 14.6 Å². The number of carbonyl (C=O) groups excluding carboxylic acids is 1. The molecule has 1 aliphatic heterocycles. The van der Waals surface area contributed by atoms with Gasteiger partial charge >= 0.3 is 0 Å². The molecule has 3 heterocycles. The number of amides is 1. The van der Waals surface area contributed by atoms with Crippen LogP contribution in [0, 0.1) is 0 Å². The molecule has 0 saturated heterocycles. The second-order valence-corrected chi connectivity index (χ2v) is 6.57. The van der Waals surface area contributed by atoms with Crippen molar-refractivity contribution in [3.05, 3.63) is 54.4 Å². The van der Waals surface area contributed by atoms with Crippen molar-refractivity contribution in [1.29, 1.82) is 0 Å². The Morgan fingerprint density at radius 3 is 3.00 bits per heavy atom. The smallest absolute Gasteiger partial charge is 0.261 e. The van der Waals surface area contributed by atoms with E-state index in [1.54, 1.807) is 30.1 Å². The Morgan fingerprint density at radius 2 is 2.16 bits per heavy atom. The number of benzene rings is 1. The molecule has 1 N–H and O–H groups in total. The third-order valence-electron chi connectivity index (χ3n) is 3.96. The first kappa shape index (κ1) is 15.7. The summed E-state index contributed by atoms with van der Waals surface area (Å²) in [6.45, 7) is 0.967. The molecule has 4 rings (SSSR count). The molecule has 0 saturated carbocycles. The van der Waals surface area contributed by atoms with Crippen LogP contribution in [0.2, 0.25) is 0 Å². The molecule has 1 aliphatic rings. The summed E-state index contributed by atoms with van der Waals surface area (Å²) in [5, 5.41) is 3.97. The zero-order valence-corrected chi connectivity index (χ0v) is 14.4. The van der Waals surface area contributed by atoms with E-state index >= 15 is 0 Å². The van der Waals surface area contributed by atoms with Crippen molar-refractivity contribution in [1.82, 2.24) is 14.5 Å². The minimum atomic E-state index is -0.265. The molecule has 0 fully saturated rings. The summed E-state index contributed by atoms with van der Waals surface area (Å²) in [4.78, 5) is 21.4. The Kier molecular flexibility index (Phi) is 4.15.